The zero-order chi connectivity index (χ0) is 25.3. The topological polar surface area (TPSA) is 72.3 Å². The summed E-state index contributed by atoms with van der Waals surface area (Å²) >= 11 is 0. The Morgan fingerprint density at radius 2 is 1.53 bits per heavy atom. The maximum Gasteiger partial charge on any atom is 0.261 e. The second-order valence-corrected chi connectivity index (χ2v) is 10.6. The fourth-order valence-electron chi connectivity index (χ4n) is 4.67. The van der Waals surface area contributed by atoms with E-state index in [0.29, 0.717) is 23.3 Å². The molecule has 182 valence electrons. The van der Waals surface area contributed by atoms with Crippen LogP contribution in [0.2, 0.25) is 0 Å². The van der Waals surface area contributed by atoms with Crippen LogP contribution >= 0.6 is 0 Å². The van der Waals surface area contributed by atoms with E-state index < -0.39 is 16.1 Å². The average molecular weight is 498 g/mol. The normalized spacial score (nSPS) is 12.9. The van der Waals surface area contributed by atoms with E-state index in [1.54, 1.807) is 42.7 Å². The minimum Gasteiger partial charge on any atom is -0.290 e. The fraction of sp³-hybridized carbons (Fsp3) is 0.172. The summed E-state index contributed by atoms with van der Waals surface area (Å²) in [4.78, 5) is 18.6. The first kappa shape index (κ1) is 23.9. The van der Waals surface area contributed by atoms with Crippen molar-refractivity contribution >= 4 is 31.7 Å². The molecule has 5 rings (SSSR count). The largest absolute Gasteiger partial charge is 0.290 e. The van der Waals surface area contributed by atoms with E-state index in [4.69, 9.17) is 4.98 Å². The molecule has 0 saturated carbocycles. The number of benzene rings is 4. The highest BCUT2D eigenvalue weighted by Crippen LogP contribution is 2.29. The molecule has 1 aromatic heterocycles. The highest BCUT2D eigenvalue weighted by molar-refractivity contribution is 7.89. The van der Waals surface area contributed by atoms with Crippen molar-refractivity contribution in [3.8, 4) is 0 Å². The Morgan fingerprint density at radius 3 is 2.28 bits per heavy atom. The fourth-order valence-corrected chi connectivity index (χ4v) is 6.30. The molecule has 6 nitrogen and oxygen atoms in total. The lowest BCUT2D eigenvalue weighted by atomic mass is 10.1. The van der Waals surface area contributed by atoms with E-state index in [-0.39, 0.29) is 17.0 Å². The van der Waals surface area contributed by atoms with Crippen LogP contribution in [0.4, 0.5) is 0 Å². The Balaban J connectivity index is 1.64. The van der Waals surface area contributed by atoms with Crippen LogP contribution in [0.15, 0.2) is 107 Å². The molecule has 7 heteroatoms. The van der Waals surface area contributed by atoms with E-state index in [1.165, 1.54) is 4.31 Å². The molecule has 0 spiro atoms. The van der Waals surface area contributed by atoms with Gasteiger partial charge in [-0.05, 0) is 47.5 Å². The van der Waals surface area contributed by atoms with Crippen LogP contribution in [0.1, 0.15) is 31.3 Å². The SMILES string of the molecule is CCN(C(C)c1nc2ccccc2c(=O)n1Cc1ccccc1)S(=O)(=O)c1ccc2ccccc2c1. The van der Waals surface area contributed by atoms with Crippen LogP contribution in [0.3, 0.4) is 0 Å². The van der Waals surface area contributed by atoms with Crippen molar-refractivity contribution < 1.29 is 8.42 Å². The predicted octanol–water partition coefficient (Wildman–Crippen LogP) is 5.37. The third-order valence-corrected chi connectivity index (χ3v) is 8.56. The third kappa shape index (κ3) is 4.32. The number of hydrogen-bond acceptors (Lipinski definition) is 4. The van der Waals surface area contributed by atoms with Crippen molar-refractivity contribution in [2.24, 2.45) is 0 Å². The highest BCUT2D eigenvalue weighted by Gasteiger charge is 2.32. The maximum atomic E-state index is 13.9. The Morgan fingerprint density at radius 1 is 0.861 bits per heavy atom. The third-order valence-electron chi connectivity index (χ3n) is 6.52. The maximum absolute atomic E-state index is 13.9. The number of aromatic nitrogens is 2. The molecule has 0 aliphatic rings. The number of para-hydroxylation sites is 1. The average Bonchev–Trinajstić information content (AvgIpc) is 2.90. The van der Waals surface area contributed by atoms with Crippen LogP contribution in [0, 0.1) is 0 Å². The summed E-state index contributed by atoms with van der Waals surface area (Å²) in [6, 6.07) is 29.0. The molecule has 0 aliphatic heterocycles. The van der Waals surface area contributed by atoms with Crippen molar-refractivity contribution in [3.05, 3.63) is 119 Å². The van der Waals surface area contributed by atoms with E-state index in [0.717, 1.165) is 16.3 Å². The molecule has 1 heterocycles. The summed E-state index contributed by atoms with van der Waals surface area (Å²) in [6.07, 6.45) is 0. The molecule has 4 aromatic carbocycles. The zero-order valence-corrected chi connectivity index (χ0v) is 21.0. The molecule has 1 atom stereocenters. The molecular formula is C29H27N3O3S. The summed E-state index contributed by atoms with van der Waals surface area (Å²) in [5.41, 5.74) is 1.30. The van der Waals surface area contributed by atoms with Crippen LogP contribution in [0.5, 0.6) is 0 Å². The molecule has 0 amide bonds. The van der Waals surface area contributed by atoms with Gasteiger partial charge < -0.3 is 0 Å². The van der Waals surface area contributed by atoms with Gasteiger partial charge in [-0.2, -0.15) is 4.31 Å². The molecular weight excluding hydrogens is 470 g/mol. The van der Waals surface area contributed by atoms with Gasteiger partial charge in [-0.1, -0.05) is 79.7 Å². The Labute approximate surface area is 210 Å². The monoisotopic (exact) mass is 497 g/mol. The second kappa shape index (κ2) is 9.68. The van der Waals surface area contributed by atoms with Crippen LogP contribution < -0.4 is 5.56 Å². The molecule has 0 radical (unpaired) electrons. The van der Waals surface area contributed by atoms with E-state index in [9.17, 15) is 13.2 Å². The molecule has 0 saturated heterocycles. The minimum absolute atomic E-state index is 0.189. The van der Waals surface area contributed by atoms with Gasteiger partial charge in [0.25, 0.3) is 5.56 Å². The first-order valence-electron chi connectivity index (χ1n) is 11.9. The van der Waals surface area contributed by atoms with Gasteiger partial charge in [-0.15, -0.1) is 0 Å². The van der Waals surface area contributed by atoms with Crippen molar-refractivity contribution in [2.75, 3.05) is 6.54 Å². The molecule has 0 bridgehead atoms. The lowest BCUT2D eigenvalue weighted by Crippen LogP contribution is -2.37. The van der Waals surface area contributed by atoms with Gasteiger partial charge in [0.15, 0.2) is 0 Å². The van der Waals surface area contributed by atoms with E-state index in [1.807, 2.05) is 72.8 Å². The van der Waals surface area contributed by atoms with Crippen molar-refractivity contribution in [2.45, 2.75) is 31.3 Å². The van der Waals surface area contributed by atoms with Gasteiger partial charge >= 0.3 is 0 Å². The molecule has 0 aliphatic carbocycles. The van der Waals surface area contributed by atoms with E-state index in [2.05, 4.69) is 0 Å². The lowest BCUT2D eigenvalue weighted by molar-refractivity contribution is 0.335. The highest BCUT2D eigenvalue weighted by atomic mass is 32.2. The second-order valence-electron chi connectivity index (χ2n) is 8.76. The summed E-state index contributed by atoms with van der Waals surface area (Å²) in [5, 5.41) is 2.33. The van der Waals surface area contributed by atoms with E-state index >= 15 is 0 Å². The van der Waals surface area contributed by atoms with Gasteiger partial charge in [0.1, 0.15) is 5.82 Å². The number of rotatable bonds is 7. The van der Waals surface area contributed by atoms with Crippen LogP contribution in [-0.2, 0) is 16.6 Å². The van der Waals surface area contributed by atoms with Gasteiger partial charge in [-0.3, -0.25) is 9.36 Å². The summed E-state index contributed by atoms with van der Waals surface area (Å²) in [7, 11) is -3.87. The van der Waals surface area contributed by atoms with Crippen molar-refractivity contribution in [1.82, 2.24) is 13.9 Å². The van der Waals surface area contributed by atoms with Gasteiger partial charge in [0, 0.05) is 6.54 Å². The standard InChI is InChI=1S/C29H27N3O3S/c1-3-32(36(34,35)25-18-17-23-13-7-8-14-24(23)19-25)21(2)28-30-27-16-10-9-15-26(27)29(33)31(28)20-22-11-5-4-6-12-22/h4-19,21H,3,20H2,1-2H3. The summed E-state index contributed by atoms with van der Waals surface area (Å²) < 4.78 is 30.7. The van der Waals surface area contributed by atoms with Crippen LogP contribution in [-0.4, -0.2) is 28.8 Å². The Kier molecular flexibility index (Phi) is 6.43. The lowest BCUT2D eigenvalue weighted by Gasteiger charge is -2.29. The number of sulfonamides is 1. The Bertz CT molecular complexity index is 1710. The Hall–Kier alpha value is -3.81. The predicted molar refractivity (Wildman–Crippen MR) is 143 cm³/mol. The molecule has 36 heavy (non-hydrogen) atoms. The number of fused-ring (bicyclic) bond motifs is 2. The minimum atomic E-state index is -3.87. The quantitative estimate of drug-likeness (QED) is 0.303. The smallest absolute Gasteiger partial charge is 0.261 e. The molecule has 5 aromatic rings. The first-order chi connectivity index (χ1) is 17.4. The number of nitrogens with zero attached hydrogens (tertiary/aromatic N) is 3. The molecule has 1 unspecified atom stereocenters. The molecule has 0 fully saturated rings. The first-order valence-corrected chi connectivity index (χ1v) is 13.4. The molecule has 0 N–H and O–H groups in total. The summed E-state index contributed by atoms with van der Waals surface area (Å²) in [5.74, 6) is 0.411. The zero-order valence-electron chi connectivity index (χ0n) is 20.2. The van der Waals surface area contributed by atoms with Crippen LogP contribution in [0.25, 0.3) is 21.7 Å². The van der Waals surface area contributed by atoms with Crippen molar-refractivity contribution in [3.63, 3.8) is 0 Å². The van der Waals surface area contributed by atoms with Crippen molar-refractivity contribution in [1.29, 1.82) is 0 Å². The van der Waals surface area contributed by atoms with Gasteiger partial charge in [0.2, 0.25) is 10.0 Å². The summed E-state index contributed by atoms with van der Waals surface area (Å²) in [6.45, 7) is 4.12. The number of hydrogen-bond donors (Lipinski definition) is 0. The van der Waals surface area contributed by atoms with Gasteiger partial charge in [-0.25, -0.2) is 13.4 Å². The van der Waals surface area contributed by atoms with Gasteiger partial charge in [0.05, 0.1) is 28.4 Å².